The fourth-order valence-corrected chi connectivity index (χ4v) is 3.34. The molecule has 2 aromatic carbocycles. The van der Waals surface area contributed by atoms with E-state index in [0.717, 1.165) is 30.5 Å². The molecule has 0 saturated carbocycles. The largest absolute Gasteiger partial charge is 0.492 e. The van der Waals surface area contributed by atoms with Crippen molar-refractivity contribution < 1.29 is 14.3 Å². The van der Waals surface area contributed by atoms with Crippen LogP contribution in [0.25, 0.3) is 0 Å². The summed E-state index contributed by atoms with van der Waals surface area (Å²) in [7, 11) is 0. The summed E-state index contributed by atoms with van der Waals surface area (Å²) in [4.78, 5) is 27.0. The second-order valence-corrected chi connectivity index (χ2v) is 7.66. The van der Waals surface area contributed by atoms with E-state index >= 15 is 0 Å². The van der Waals surface area contributed by atoms with Gasteiger partial charge in [0.2, 0.25) is 0 Å². The molecule has 6 nitrogen and oxygen atoms in total. The molecule has 0 aliphatic rings. The Labute approximate surface area is 187 Å². The molecule has 30 heavy (non-hydrogen) atoms. The fourth-order valence-electron chi connectivity index (χ4n) is 2.85. The maximum Gasteiger partial charge on any atom is 0.255 e. The first-order chi connectivity index (χ1) is 14.5. The SMILES string of the molecule is CCCOc1ccc(C(=O)Nc2ccc(C(=O)NCCN(CC)CC)cc2)cc1Br. The first-order valence-electron chi connectivity index (χ1n) is 10.3. The minimum absolute atomic E-state index is 0.119. The molecule has 2 aromatic rings. The van der Waals surface area contributed by atoms with Crippen LogP contribution in [0.2, 0.25) is 0 Å². The summed E-state index contributed by atoms with van der Waals surface area (Å²) in [6.07, 6.45) is 0.915. The van der Waals surface area contributed by atoms with E-state index in [1.54, 1.807) is 42.5 Å². The first-order valence-corrected chi connectivity index (χ1v) is 11.1. The second kappa shape index (κ2) is 12.3. The van der Waals surface area contributed by atoms with Crippen molar-refractivity contribution in [2.75, 3.05) is 38.1 Å². The highest BCUT2D eigenvalue weighted by Gasteiger charge is 2.11. The van der Waals surface area contributed by atoms with E-state index in [1.165, 1.54) is 0 Å². The van der Waals surface area contributed by atoms with Gasteiger partial charge in [0.25, 0.3) is 11.8 Å². The Kier molecular flexibility index (Phi) is 9.83. The van der Waals surface area contributed by atoms with Crippen LogP contribution in [0.3, 0.4) is 0 Å². The van der Waals surface area contributed by atoms with Gasteiger partial charge in [0.15, 0.2) is 0 Å². The molecule has 162 valence electrons. The highest BCUT2D eigenvalue weighted by atomic mass is 79.9. The number of hydrogen-bond acceptors (Lipinski definition) is 4. The van der Waals surface area contributed by atoms with Crippen molar-refractivity contribution >= 4 is 33.4 Å². The van der Waals surface area contributed by atoms with Crippen molar-refractivity contribution in [3.8, 4) is 5.75 Å². The molecule has 0 saturated heterocycles. The van der Waals surface area contributed by atoms with E-state index in [2.05, 4.69) is 45.3 Å². The van der Waals surface area contributed by atoms with Crippen LogP contribution < -0.4 is 15.4 Å². The van der Waals surface area contributed by atoms with E-state index in [4.69, 9.17) is 4.74 Å². The molecule has 0 spiro atoms. The number of nitrogens with one attached hydrogen (secondary N) is 2. The lowest BCUT2D eigenvalue weighted by Gasteiger charge is -2.18. The molecule has 0 unspecified atom stereocenters. The summed E-state index contributed by atoms with van der Waals surface area (Å²) in [6.45, 7) is 10.2. The van der Waals surface area contributed by atoms with Gasteiger partial charge >= 0.3 is 0 Å². The van der Waals surface area contributed by atoms with Crippen molar-refractivity contribution in [2.24, 2.45) is 0 Å². The predicted octanol–water partition coefficient (Wildman–Crippen LogP) is 4.56. The molecule has 0 bridgehead atoms. The molecule has 2 rings (SSSR count). The van der Waals surface area contributed by atoms with Gasteiger partial charge in [-0.2, -0.15) is 0 Å². The highest BCUT2D eigenvalue weighted by Crippen LogP contribution is 2.26. The van der Waals surface area contributed by atoms with Gasteiger partial charge in [-0.1, -0.05) is 20.8 Å². The third kappa shape index (κ3) is 7.15. The maximum atomic E-state index is 12.5. The van der Waals surface area contributed by atoms with E-state index in [9.17, 15) is 9.59 Å². The Morgan fingerprint density at radius 2 is 1.63 bits per heavy atom. The number of nitrogens with zero attached hydrogens (tertiary/aromatic N) is 1. The quantitative estimate of drug-likeness (QED) is 0.499. The number of carbonyl (C=O) groups excluding carboxylic acids is 2. The van der Waals surface area contributed by atoms with Crippen LogP contribution in [0.4, 0.5) is 5.69 Å². The number of hydrogen-bond donors (Lipinski definition) is 2. The van der Waals surface area contributed by atoms with Gasteiger partial charge in [-0.05, 0) is 77.9 Å². The maximum absolute atomic E-state index is 12.5. The average molecular weight is 476 g/mol. The van der Waals surface area contributed by atoms with Gasteiger partial charge in [0.1, 0.15) is 5.75 Å². The number of ether oxygens (including phenoxy) is 1. The lowest BCUT2D eigenvalue weighted by atomic mass is 10.1. The molecule has 0 fully saturated rings. The lowest BCUT2D eigenvalue weighted by Crippen LogP contribution is -2.34. The molecule has 2 N–H and O–H groups in total. The summed E-state index contributed by atoms with van der Waals surface area (Å²) in [5, 5.41) is 5.77. The Bertz CT molecular complexity index is 836. The zero-order valence-corrected chi connectivity index (χ0v) is 19.4. The average Bonchev–Trinajstić information content (AvgIpc) is 2.76. The standard InChI is InChI=1S/C23H30BrN3O3/c1-4-15-30-21-12-9-18(16-20(21)24)23(29)26-19-10-7-17(8-11-19)22(28)25-13-14-27(5-2)6-3/h7-12,16H,4-6,13-15H2,1-3H3,(H,25,28)(H,26,29). The van der Waals surface area contributed by atoms with Crippen molar-refractivity contribution in [3.05, 3.63) is 58.1 Å². The van der Waals surface area contributed by atoms with Crippen LogP contribution in [0.1, 0.15) is 47.9 Å². The molecule has 2 amide bonds. The predicted molar refractivity (Wildman–Crippen MR) is 124 cm³/mol. The molecule has 0 aliphatic carbocycles. The number of amides is 2. The molecule has 0 heterocycles. The number of carbonyl (C=O) groups is 2. The number of benzene rings is 2. The summed E-state index contributed by atoms with van der Waals surface area (Å²) in [6, 6.07) is 12.1. The third-order valence-electron chi connectivity index (χ3n) is 4.67. The Morgan fingerprint density at radius 1 is 0.967 bits per heavy atom. The molecule has 0 atom stereocenters. The first kappa shape index (κ1) is 23.9. The van der Waals surface area contributed by atoms with Gasteiger partial charge < -0.3 is 20.3 Å². The van der Waals surface area contributed by atoms with Gasteiger partial charge in [-0.3, -0.25) is 9.59 Å². The minimum Gasteiger partial charge on any atom is -0.492 e. The number of rotatable bonds is 11. The third-order valence-corrected chi connectivity index (χ3v) is 5.29. The van der Waals surface area contributed by atoms with Crippen molar-refractivity contribution in [3.63, 3.8) is 0 Å². The van der Waals surface area contributed by atoms with Crippen LogP contribution in [-0.4, -0.2) is 49.5 Å². The lowest BCUT2D eigenvalue weighted by molar-refractivity contribution is 0.0948. The summed E-state index contributed by atoms with van der Waals surface area (Å²) in [5.74, 6) is 0.366. The number of likely N-dealkylation sites (N-methyl/N-ethyl adjacent to an activating group) is 1. The van der Waals surface area contributed by atoms with Crippen LogP contribution in [0, 0.1) is 0 Å². The van der Waals surface area contributed by atoms with E-state index in [1.807, 2.05) is 6.92 Å². The monoisotopic (exact) mass is 475 g/mol. The van der Waals surface area contributed by atoms with Gasteiger partial charge in [0.05, 0.1) is 11.1 Å². The topological polar surface area (TPSA) is 70.7 Å². The number of halogens is 1. The minimum atomic E-state index is -0.228. The summed E-state index contributed by atoms with van der Waals surface area (Å²) >= 11 is 3.44. The molecular formula is C23H30BrN3O3. The van der Waals surface area contributed by atoms with Crippen molar-refractivity contribution in [2.45, 2.75) is 27.2 Å². The summed E-state index contributed by atoms with van der Waals surface area (Å²) < 4.78 is 6.35. The normalized spacial score (nSPS) is 10.7. The fraction of sp³-hybridized carbons (Fsp3) is 0.391. The molecule has 7 heteroatoms. The smallest absolute Gasteiger partial charge is 0.255 e. The zero-order valence-electron chi connectivity index (χ0n) is 17.8. The van der Waals surface area contributed by atoms with Gasteiger partial charge in [-0.15, -0.1) is 0 Å². The molecule has 0 radical (unpaired) electrons. The van der Waals surface area contributed by atoms with E-state index in [-0.39, 0.29) is 11.8 Å². The van der Waals surface area contributed by atoms with E-state index < -0.39 is 0 Å². The van der Waals surface area contributed by atoms with Crippen molar-refractivity contribution in [1.29, 1.82) is 0 Å². The van der Waals surface area contributed by atoms with Crippen molar-refractivity contribution in [1.82, 2.24) is 10.2 Å². The second-order valence-electron chi connectivity index (χ2n) is 6.81. The zero-order chi connectivity index (χ0) is 21.9. The Hall–Kier alpha value is -2.38. The van der Waals surface area contributed by atoms with Crippen LogP contribution in [0.5, 0.6) is 5.75 Å². The summed E-state index contributed by atoms with van der Waals surface area (Å²) in [5.41, 5.74) is 1.71. The van der Waals surface area contributed by atoms with Gasteiger partial charge in [0, 0.05) is 29.9 Å². The van der Waals surface area contributed by atoms with Crippen LogP contribution >= 0.6 is 15.9 Å². The molecule has 0 aliphatic heterocycles. The Balaban J connectivity index is 1.91. The molecule has 0 aromatic heterocycles. The highest BCUT2D eigenvalue weighted by molar-refractivity contribution is 9.10. The van der Waals surface area contributed by atoms with E-state index in [0.29, 0.717) is 35.7 Å². The Morgan fingerprint density at radius 3 is 2.23 bits per heavy atom. The van der Waals surface area contributed by atoms with Gasteiger partial charge in [-0.25, -0.2) is 0 Å². The van der Waals surface area contributed by atoms with Crippen LogP contribution in [0.15, 0.2) is 46.9 Å². The van der Waals surface area contributed by atoms with Crippen LogP contribution in [-0.2, 0) is 0 Å². The molecular weight excluding hydrogens is 446 g/mol. The number of anilines is 1.